The lowest BCUT2D eigenvalue weighted by molar-refractivity contribution is -0.0500. The lowest BCUT2D eigenvalue weighted by atomic mass is 10.0. The van der Waals surface area contributed by atoms with Gasteiger partial charge in [-0.15, -0.1) is 0 Å². The highest BCUT2D eigenvalue weighted by atomic mass is 32.2. The standard InChI is InChI=1S/C12H13F3O3S/c1-3-9(4-2)10-5-7-11(8-6-10)18-19(16,17)12(13,14)15/h3,5-8H,4H2,1-2H3/b9-3+. The molecule has 0 atom stereocenters. The molecule has 0 saturated carbocycles. The molecule has 3 nitrogen and oxygen atoms in total. The van der Waals surface area contributed by atoms with Gasteiger partial charge in [-0.05, 0) is 36.6 Å². The molecule has 7 heteroatoms. The van der Waals surface area contributed by atoms with E-state index in [-0.39, 0.29) is 5.75 Å². The van der Waals surface area contributed by atoms with Crippen LogP contribution in [0.5, 0.6) is 5.75 Å². The third-order valence-corrected chi connectivity index (χ3v) is 3.42. The Balaban J connectivity index is 2.96. The van der Waals surface area contributed by atoms with Gasteiger partial charge in [0.25, 0.3) is 0 Å². The summed E-state index contributed by atoms with van der Waals surface area (Å²) in [6.07, 6.45) is 2.64. The van der Waals surface area contributed by atoms with Crippen LogP contribution in [-0.2, 0) is 10.1 Å². The van der Waals surface area contributed by atoms with Gasteiger partial charge in [0.2, 0.25) is 0 Å². The number of alkyl halides is 3. The van der Waals surface area contributed by atoms with E-state index in [1.165, 1.54) is 24.3 Å². The normalized spacial score (nSPS) is 13.4. The van der Waals surface area contributed by atoms with Crippen molar-refractivity contribution >= 4 is 15.7 Å². The number of rotatable bonds is 4. The monoisotopic (exact) mass is 294 g/mol. The molecule has 19 heavy (non-hydrogen) atoms. The summed E-state index contributed by atoms with van der Waals surface area (Å²) in [4.78, 5) is 0. The number of hydrogen-bond acceptors (Lipinski definition) is 3. The minimum atomic E-state index is -5.61. The van der Waals surface area contributed by atoms with Crippen LogP contribution in [0.4, 0.5) is 13.2 Å². The van der Waals surface area contributed by atoms with Crippen molar-refractivity contribution in [3.05, 3.63) is 35.9 Å². The Labute approximate surface area is 109 Å². The Bertz CT molecular complexity index is 557. The number of benzene rings is 1. The van der Waals surface area contributed by atoms with Gasteiger partial charge in [0, 0.05) is 0 Å². The molecule has 0 saturated heterocycles. The summed E-state index contributed by atoms with van der Waals surface area (Å²) in [6.45, 7) is 3.78. The zero-order valence-corrected chi connectivity index (χ0v) is 11.2. The molecule has 0 aliphatic rings. The van der Waals surface area contributed by atoms with Gasteiger partial charge in [0.1, 0.15) is 5.75 Å². The lowest BCUT2D eigenvalue weighted by Crippen LogP contribution is -2.28. The van der Waals surface area contributed by atoms with Gasteiger partial charge in [-0.25, -0.2) is 0 Å². The van der Waals surface area contributed by atoms with Crippen LogP contribution in [0.1, 0.15) is 25.8 Å². The van der Waals surface area contributed by atoms with Crippen LogP contribution in [-0.4, -0.2) is 13.9 Å². The van der Waals surface area contributed by atoms with Gasteiger partial charge in [-0.1, -0.05) is 25.1 Å². The van der Waals surface area contributed by atoms with Crippen molar-refractivity contribution in [3.63, 3.8) is 0 Å². The SMILES string of the molecule is C/C=C(\CC)c1ccc(OS(=O)(=O)C(F)(F)F)cc1. The van der Waals surface area contributed by atoms with Crippen LogP contribution in [0.25, 0.3) is 5.57 Å². The Morgan fingerprint density at radius 3 is 2.16 bits per heavy atom. The smallest absolute Gasteiger partial charge is 0.376 e. The zero-order valence-electron chi connectivity index (χ0n) is 10.4. The topological polar surface area (TPSA) is 43.4 Å². The first-order chi connectivity index (χ1) is 8.71. The molecule has 106 valence electrons. The predicted molar refractivity (Wildman–Crippen MR) is 66.0 cm³/mol. The van der Waals surface area contributed by atoms with Crippen molar-refractivity contribution in [1.82, 2.24) is 0 Å². The molecule has 0 fully saturated rings. The van der Waals surface area contributed by atoms with Gasteiger partial charge >= 0.3 is 15.6 Å². The average molecular weight is 294 g/mol. The fourth-order valence-electron chi connectivity index (χ4n) is 1.47. The summed E-state index contributed by atoms with van der Waals surface area (Å²) in [5.74, 6) is -0.368. The minimum absolute atomic E-state index is 0.368. The van der Waals surface area contributed by atoms with Crippen molar-refractivity contribution in [3.8, 4) is 5.75 Å². The summed E-state index contributed by atoms with van der Waals surface area (Å²) >= 11 is 0. The van der Waals surface area contributed by atoms with Gasteiger partial charge in [-0.3, -0.25) is 0 Å². The van der Waals surface area contributed by atoms with E-state index in [1.807, 2.05) is 19.9 Å². The van der Waals surface area contributed by atoms with Crippen LogP contribution < -0.4 is 4.18 Å². The minimum Gasteiger partial charge on any atom is -0.376 e. The highest BCUT2D eigenvalue weighted by Gasteiger charge is 2.48. The second kappa shape index (κ2) is 5.64. The zero-order chi connectivity index (χ0) is 14.7. The number of allylic oxidation sites excluding steroid dienone is 2. The molecule has 0 heterocycles. The quantitative estimate of drug-likeness (QED) is 0.628. The van der Waals surface area contributed by atoms with E-state index in [9.17, 15) is 21.6 Å². The van der Waals surface area contributed by atoms with E-state index in [2.05, 4.69) is 4.18 Å². The Hall–Kier alpha value is -1.50. The molecule has 0 radical (unpaired) electrons. The van der Waals surface area contributed by atoms with Crippen molar-refractivity contribution in [2.75, 3.05) is 0 Å². The first kappa shape index (κ1) is 15.6. The molecular weight excluding hydrogens is 281 g/mol. The number of halogens is 3. The van der Waals surface area contributed by atoms with E-state index in [0.717, 1.165) is 17.6 Å². The molecule has 0 bridgehead atoms. The van der Waals surface area contributed by atoms with Gasteiger partial charge in [0.05, 0.1) is 0 Å². The maximum Gasteiger partial charge on any atom is 0.534 e. The first-order valence-electron chi connectivity index (χ1n) is 5.47. The fourth-order valence-corrected chi connectivity index (χ4v) is 1.93. The highest BCUT2D eigenvalue weighted by molar-refractivity contribution is 7.87. The molecule has 1 aromatic rings. The van der Waals surface area contributed by atoms with Crippen molar-refractivity contribution in [1.29, 1.82) is 0 Å². The molecule has 0 aliphatic heterocycles. The molecule has 0 spiro atoms. The first-order valence-corrected chi connectivity index (χ1v) is 6.88. The van der Waals surface area contributed by atoms with Crippen molar-refractivity contribution < 1.29 is 25.8 Å². The molecule has 0 unspecified atom stereocenters. The largest absolute Gasteiger partial charge is 0.534 e. The molecule has 0 aromatic heterocycles. The van der Waals surface area contributed by atoms with Gasteiger partial charge in [-0.2, -0.15) is 21.6 Å². The maximum atomic E-state index is 12.1. The van der Waals surface area contributed by atoms with Gasteiger partial charge in [0.15, 0.2) is 0 Å². The molecule has 0 aliphatic carbocycles. The van der Waals surface area contributed by atoms with E-state index in [4.69, 9.17) is 0 Å². The summed E-state index contributed by atoms with van der Waals surface area (Å²) in [6, 6.07) is 5.41. The summed E-state index contributed by atoms with van der Waals surface area (Å²) < 4.78 is 61.9. The van der Waals surface area contributed by atoms with E-state index in [0.29, 0.717) is 0 Å². The highest BCUT2D eigenvalue weighted by Crippen LogP contribution is 2.28. The molecule has 1 rings (SSSR count). The van der Waals surface area contributed by atoms with Crippen LogP contribution in [0.3, 0.4) is 0 Å². The van der Waals surface area contributed by atoms with Crippen LogP contribution >= 0.6 is 0 Å². The second-order valence-electron chi connectivity index (χ2n) is 3.68. The third-order valence-electron chi connectivity index (χ3n) is 2.44. The second-order valence-corrected chi connectivity index (χ2v) is 5.21. The van der Waals surface area contributed by atoms with Gasteiger partial charge < -0.3 is 4.18 Å². The van der Waals surface area contributed by atoms with E-state index >= 15 is 0 Å². The van der Waals surface area contributed by atoms with Crippen LogP contribution in [0.2, 0.25) is 0 Å². The molecule has 0 N–H and O–H groups in total. The van der Waals surface area contributed by atoms with Crippen molar-refractivity contribution in [2.45, 2.75) is 25.8 Å². The third kappa shape index (κ3) is 3.73. The summed E-state index contributed by atoms with van der Waals surface area (Å²) in [5, 5.41) is 0. The van der Waals surface area contributed by atoms with E-state index < -0.39 is 15.6 Å². The summed E-state index contributed by atoms with van der Waals surface area (Å²) in [5.41, 5.74) is -3.61. The van der Waals surface area contributed by atoms with Crippen LogP contribution in [0.15, 0.2) is 30.3 Å². The average Bonchev–Trinajstić information content (AvgIpc) is 2.31. The van der Waals surface area contributed by atoms with E-state index in [1.54, 1.807) is 0 Å². The number of hydrogen-bond donors (Lipinski definition) is 0. The van der Waals surface area contributed by atoms with Crippen molar-refractivity contribution in [2.24, 2.45) is 0 Å². The molecule has 1 aromatic carbocycles. The Morgan fingerprint density at radius 2 is 1.79 bits per heavy atom. The summed E-state index contributed by atoms with van der Waals surface area (Å²) in [7, 11) is -5.61. The Morgan fingerprint density at radius 1 is 1.26 bits per heavy atom. The Kier molecular flexibility index (Phi) is 4.62. The molecule has 0 amide bonds. The van der Waals surface area contributed by atoms with Crippen LogP contribution in [0, 0.1) is 0 Å². The predicted octanol–water partition coefficient (Wildman–Crippen LogP) is 3.73. The molecular formula is C12H13F3O3S. The maximum absolute atomic E-state index is 12.1. The lowest BCUT2D eigenvalue weighted by Gasteiger charge is -2.10. The fraction of sp³-hybridized carbons (Fsp3) is 0.333.